The minimum Gasteiger partial charge on any atom is -0.493 e. The van der Waals surface area contributed by atoms with E-state index in [-0.39, 0.29) is 0 Å². The minimum atomic E-state index is 0.585. The molecule has 2 aromatic heterocycles. The van der Waals surface area contributed by atoms with E-state index in [1.54, 1.807) is 14.2 Å². The molecule has 0 unspecified atom stereocenters. The molecular formula is C22H27N3O2. The molecule has 3 aromatic rings. The van der Waals surface area contributed by atoms with Crippen LogP contribution in [0.25, 0.3) is 11.0 Å². The number of fused-ring (bicyclic) bond motifs is 1. The lowest BCUT2D eigenvalue weighted by atomic mass is 9.93. The molecule has 5 heteroatoms. The number of pyridine rings is 1. The molecule has 0 atom stereocenters. The first-order valence-electron chi connectivity index (χ1n) is 9.55. The van der Waals surface area contributed by atoms with Crippen LogP contribution in [-0.4, -0.2) is 42.2 Å². The van der Waals surface area contributed by atoms with Crippen LogP contribution in [0.1, 0.15) is 35.6 Å². The summed E-state index contributed by atoms with van der Waals surface area (Å²) in [6.45, 7) is 5.29. The Morgan fingerprint density at radius 2 is 1.85 bits per heavy atom. The first-order chi connectivity index (χ1) is 13.2. The summed E-state index contributed by atoms with van der Waals surface area (Å²) in [5.74, 6) is 2.19. The number of aromatic nitrogens is 2. The highest BCUT2D eigenvalue weighted by Crippen LogP contribution is 2.33. The average Bonchev–Trinajstić information content (AvgIpc) is 3.14. The van der Waals surface area contributed by atoms with Crippen LogP contribution in [0.3, 0.4) is 0 Å². The summed E-state index contributed by atoms with van der Waals surface area (Å²) in [6, 6.07) is 10.6. The second kappa shape index (κ2) is 7.61. The molecule has 0 spiro atoms. The van der Waals surface area contributed by atoms with Crippen molar-refractivity contribution in [2.75, 3.05) is 27.3 Å². The number of piperidine rings is 1. The van der Waals surface area contributed by atoms with Gasteiger partial charge in [-0.2, -0.15) is 0 Å². The largest absolute Gasteiger partial charge is 0.493 e. The van der Waals surface area contributed by atoms with Crippen molar-refractivity contribution < 1.29 is 9.47 Å². The summed E-state index contributed by atoms with van der Waals surface area (Å²) < 4.78 is 10.9. The van der Waals surface area contributed by atoms with Crippen LogP contribution >= 0.6 is 0 Å². The predicted molar refractivity (Wildman–Crippen MR) is 108 cm³/mol. The second-order valence-corrected chi connectivity index (χ2v) is 7.35. The van der Waals surface area contributed by atoms with Crippen LogP contribution in [0, 0.1) is 6.92 Å². The van der Waals surface area contributed by atoms with Gasteiger partial charge >= 0.3 is 0 Å². The molecule has 0 saturated carbocycles. The smallest absolute Gasteiger partial charge is 0.161 e. The highest BCUT2D eigenvalue weighted by molar-refractivity contribution is 5.76. The SMILES string of the molecule is COc1cc(C)c(CN2CCC(c3cc4cccnc4[nH]3)CC2)cc1OC. The molecule has 0 amide bonds. The second-order valence-electron chi connectivity index (χ2n) is 7.35. The van der Waals surface area contributed by atoms with Crippen LogP contribution in [0.4, 0.5) is 0 Å². The molecular weight excluding hydrogens is 338 g/mol. The molecule has 0 radical (unpaired) electrons. The van der Waals surface area contributed by atoms with E-state index in [0.717, 1.165) is 36.8 Å². The van der Waals surface area contributed by atoms with E-state index in [2.05, 4.69) is 46.1 Å². The van der Waals surface area contributed by atoms with Crippen LogP contribution in [0.15, 0.2) is 36.5 Å². The standard InChI is InChI=1S/C22H27N3O2/c1-15-11-20(26-2)21(27-3)13-18(15)14-25-9-6-16(7-10-25)19-12-17-5-4-8-23-22(17)24-19/h4-5,8,11-13,16H,6-7,9-10,14H2,1-3H3,(H,23,24). The summed E-state index contributed by atoms with van der Waals surface area (Å²) in [6.07, 6.45) is 4.18. The molecule has 1 aliphatic rings. The third-order valence-corrected chi connectivity index (χ3v) is 5.68. The number of rotatable bonds is 5. The summed E-state index contributed by atoms with van der Waals surface area (Å²) in [5, 5.41) is 1.20. The number of likely N-dealkylation sites (tertiary alicyclic amines) is 1. The average molecular weight is 365 g/mol. The number of ether oxygens (including phenoxy) is 2. The maximum Gasteiger partial charge on any atom is 0.161 e. The maximum absolute atomic E-state index is 5.47. The summed E-state index contributed by atoms with van der Waals surface area (Å²) in [7, 11) is 3.37. The Morgan fingerprint density at radius 3 is 2.56 bits per heavy atom. The lowest BCUT2D eigenvalue weighted by Crippen LogP contribution is -2.32. The third kappa shape index (κ3) is 3.65. The van der Waals surface area contributed by atoms with Gasteiger partial charge in [-0.3, -0.25) is 4.90 Å². The lowest BCUT2D eigenvalue weighted by Gasteiger charge is -2.32. The fraction of sp³-hybridized carbons (Fsp3) is 0.409. The fourth-order valence-corrected chi connectivity index (χ4v) is 4.03. The first-order valence-corrected chi connectivity index (χ1v) is 9.55. The Bertz CT molecular complexity index is 893. The van der Waals surface area contributed by atoms with Crippen LogP contribution in [0.5, 0.6) is 11.5 Å². The normalized spacial score (nSPS) is 16.0. The number of hydrogen-bond donors (Lipinski definition) is 1. The van der Waals surface area contributed by atoms with E-state index in [1.165, 1.54) is 35.0 Å². The maximum atomic E-state index is 5.47. The van der Waals surface area contributed by atoms with Crippen molar-refractivity contribution in [1.82, 2.24) is 14.9 Å². The van der Waals surface area contributed by atoms with Crippen molar-refractivity contribution in [3.8, 4) is 11.5 Å². The minimum absolute atomic E-state index is 0.585. The van der Waals surface area contributed by atoms with Gasteiger partial charge < -0.3 is 14.5 Å². The molecule has 27 heavy (non-hydrogen) atoms. The number of H-pyrrole nitrogens is 1. The van der Waals surface area contributed by atoms with Gasteiger partial charge in [-0.15, -0.1) is 0 Å². The predicted octanol–water partition coefficient (Wildman–Crippen LogP) is 4.27. The van der Waals surface area contributed by atoms with Gasteiger partial charge in [0.15, 0.2) is 11.5 Å². The van der Waals surface area contributed by atoms with Gasteiger partial charge in [0, 0.05) is 29.7 Å². The van der Waals surface area contributed by atoms with Crippen molar-refractivity contribution in [2.24, 2.45) is 0 Å². The fourth-order valence-electron chi connectivity index (χ4n) is 4.03. The molecule has 1 aromatic carbocycles. The Labute approximate surface area is 160 Å². The van der Waals surface area contributed by atoms with Crippen LogP contribution in [0.2, 0.25) is 0 Å². The monoisotopic (exact) mass is 365 g/mol. The van der Waals surface area contributed by atoms with E-state index >= 15 is 0 Å². The summed E-state index contributed by atoms with van der Waals surface area (Å²) in [4.78, 5) is 10.5. The number of nitrogens with zero attached hydrogens (tertiary/aromatic N) is 2. The van der Waals surface area contributed by atoms with Crippen LogP contribution in [-0.2, 0) is 6.54 Å². The Hall–Kier alpha value is -2.53. The molecule has 4 rings (SSSR count). The van der Waals surface area contributed by atoms with Gasteiger partial charge in [0.1, 0.15) is 5.65 Å². The molecule has 1 aliphatic heterocycles. The van der Waals surface area contributed by atoms with Gasteiger partial charge in [-0.05, 0) is 74.3 Å². The van der Waals surface area contributed by atoms with Crippen molar-refractivity contribution in [1.29, 1.82) is 0 Å². The zero-order valence-electron chi connectivity index (χ0n) is 16.3. The number of hydrogen-bond acceptors (Lipinski definition) is 4. The molecule has 3 heterocycles. The number of benzene rings is 1. The molecule has 1 N–H and O–H groups in total. The molecule has 0 aliphatic carbocycles. The zero-order chi connectivity index (χ0) is 18.8. The molecule has 142 valence electrons. The number of aromatic amines is 1. The van der Waals surface area contributed by atoms with E-state index < -0.39 is 0 Å². The quantitative estimate of drug-likeness (QED) is 0.734. The van der Waals surface area contributed by atoms with Crippen molar-refractivity contribution in [3.63, 3.8) is 0 Å². The van der Waals surface area contributed by atoms with Gasteiger partial charge in [0.25, 0.3) is 0 Å². The number of aryl methyl sites for hydroxylation is 1. The Balaban J connectivity index is 1.42. The first kappa shape index (κ1) is 17.9. The number of methoxy groups -OCH3 is 2. The molecule has 1 fully saturated rings. The van der Waals surface area contributed by atoms with Crippen molar-refractivity contribution in [2.45, 2.75) is 32.2 Å². The van der Waals surface area contributed by atoms with Crippen LogP contribution < -0.4 is 9.47 Å². The number of nitrogens with one attached hydrogen (secondary N) is 1. The molecule has 0 bridgehead atoms. The van der Waals surface area contributed by atoms with Gasteiger partial charge in [0.05, 0.1) is 14.2 Å². The van der Waals surface area contributed by atoms with Crippen molar-refractivity contribution >= 4 is 11.0 Å². The summed E-state index contributed by atoms with van der Waals surface area (Å²) in [5.41, 5.74) is 4.87. The third-order valence-electron chi connectivity index (χ3n) is 5.68. The van der Waals surface area contributed by atoms with Crippen molar-refractivity contribution in [3.05, 3.63) is 53.3 Å². The van der Waals surface area contributed by atoms with E-state index in [9.17, 15) is 0 Å². The van der Waals surface area contributed by atoms with E-state index in [4.69, 9.17) is 9.47 Å². The highest BCUT2D eigenvalue weighted by Gasteiger charge is 2.23. The topological polar surface area (TPSA) is 50.4 Å². The lowest BCUT2D eigenvalue weighted by molar-refractivity contribution is 0.203. The van der Waals surface area contributed by atoms with Gasteiger partial charge in [-0.25, -0.2) is 4.98 Å². The molecule has 5 nitrogen and oxygen atoms in total. The van der Waals surface area contributed by atoms with Gasteiger partial charge in [-0.1, -0.05) is 0 Å². The Morgan fingerprint density at radius 1 is 1.11 bits per heavy atom. The molecule has 1 saturated heterocycles. The summed E-state index contributed by atoms with van der Waals surface area (Å²) >= 11 is 0. The Kier molecular flexibility index (Phi) is 5.03. The highest BCUT2D eigenvalue weighted by atomic mass is 16.5. The zero-order valence-corrected chi connectivity index (χ0v) is 16.3. The van der Waals surface area contributed by atoms with E-state index in [1.807, 2.05) is 12.3 Å². The van der Waals surface area contributed by atoms with Gasteiger partial charge in [0.2, 0.25) is 0 Å². The van der Waals surface area contributed by atoms with E-state index in [0.29, 0.717) is 5.92 Å².